The molecule has 0 spiro atoms. The standard InChI is InChI=1S/C15H19N3O2/c1-11-6-3-2-4-8-13(11)17-14-9-5-7-12(10-16)15(14)18(19)20/h5,7,9,11,13,17H,2-4,6,8H2,1H3. The van der Waals surface area contributed by atoms with Crippen LogP contribution in [0.5, 0.6) is 0 Å². The molecule has 0 radical (unpaired) electrons. The molecule has 1 aromatic carbocycles. The van der Waals surface area contributed by atoms with Crippen LogP contribution in [0.25, 0.3) is 0 Å². The molecule has 0 saturated heterocycles. The van der Waals surface area contributed by atoms with Gasteiger partial charge in [0.1, 0.15) is 17.3 Å². The third-order valence-corrected chi connectivity index (χ3v) is 4.04. The molecule has 0 heterocycles. The van der Waals surface area contributed by atoms with Crippen molar-refractivity contribution in [2.24, 2.45) is 5.92 Å². The van der Waals surface area contributed by atoms with Gasteiger partial charge in [-0.2, -0.15) is 5.26 Å². The minimum Gasteiger partial charge on any atom is -0.376 e. The topological polar surface area (TPSA) is 79.0 Å². The van der Waals surface area contributed by atoms with Crippen molar-refractivity contribution in [3.05, 3.63) is 33.9 Å². The van der Waals surface area contributed by atoms with Crippen molar-refractivity contribution >= 4 is 11.4 Å². The summed E-state index contributed by atoms with van der Waals surface area (Å²) in [4.78, 5) is 10.7. The molecule has 0 bridgehead atoms. The normalized spacial score (nSPS) is 22.6. The molecular weight excluding hydrogens is 254 g/mol. The van der Waals surface area contributed by atoms with Crippen LogP contribution in [0.15, 0.2) is 18.2 Å². The highest BCUT2D eigenvalue weighted by Crippen LogP contribution is 2.32. The summed E-state index contributed by atoms with van der Waals surface area (Å²) in [6.07, 6.45) is 5.76. The molecule has 2 atom stereocenters. The molecule has 1 aliphatic rings. The van der Waals surface area contributed by atoms with E-state index >= 15 is 0 Å². The number of hydrogen-bond acceptors (Lipinski definition) is 4. The average Bonchev–Trinajstić information content (AvgIpc) is 2.63. The first-order valence-electron chi connectivity index (χ1n) is 7.07. The summed E-state index contributed by atoms with van der Waals surface area (Å²) in [7, 11) is 0. The Morgan fingerprint density at radius 3 is 2.80 bits per heavy atom. The fourth-order valence-electron chi connectivity index (χ4n) is 2.85. The van der Waals surface area contributed by atoms with Crippen LogP contribution in [0.4, 0.5) is 11.4 Å². The van der Waals surface area contributed by atoms with Crippen molar-refractivity contribution in [3.8, 4) is 6.07 Å². The summed E-state index contributed by atoms with van der Waals surface area (Å²) in [5.41, 5.74) is 0.473. The number of rotatable bonds is 3. The summed E-state index contributed by atoms with van der Waals surface area (Å²) in [5, 5.41) is 23.5. The second-order valence-electron chi connectivity index (χ2n) is 5.44. The summed E-state index contributed by atoms with van der Waals surface area (Å²) in [5.74, 6) is 0.489. The molecule has 0 aromatic heterocycles. The number of nitriles is 1. The molecule has 1 saturated carbocycles. The van der Waals surface area contributed by atoms with Gasteiger partial charge in [-0.1, -0.05) is 32.3 Å². The second-order valence-corrected chi connectivity index (χ2v) is 5.44. The average molecular weight is 273 g/mol. The van der Waals surface area contributed by atoms with E-state index < -0.39 is 4.92 Å². The number of hydrogen-bond donors (Lipinski definition) is 1. The van der Waals surface area contributed by atoms with Gasteiger partial charge in [-0.3, -0.25) is 10.1 Å². The van der Waals surface area contributed by atoms with Gasteiger partial charge in [-0.25, -0.2) is 0 Å². The van der Waals surface area contributed by atoms with Gasteiger partial charge in [-0.15, -0.1) is 0 Å². The Balaban J connectivity index is 2.28. The third kappa shape index (κ3) is 3.08. The van der Waals surface area contributed by atoms with Crippen molar-refractivity contribution < 1.29 is 4.92 Å². The second kappa shape index (κ2) is 6.38. The molecule has 5 nitrogen and oxygen atoms in total. The third-order valence-electron chi connectivity index (χ3n) is 4.04. The highest BCUT2D eigenvalue weighted by Gasteiger charge is 2.25. The zero-order chi connectivity index (χ0) is 14.5. The van der Waals surface area contributed by atoms with Gasteiger partial charge in [0.15, 0.2) is 0 Å². The first-order chi connectivity index (χ1) is 9.63. The number of nitro groups is 1. The van der Waals surface area contributed by atoms with Gasteiger partial charge in [0.2, 0.25) is 0 Å². The van der Waals surface area contributed by atoms with E-state index in [-0.39, 0.29) is 17.3 Å². The van der Waals surface area contributed by atoms with E-state index in [0.717, 1.165) is 19.3 Å². The van der Waals surface area contributed by atoms with Crippen molar-refractivity contribution in [2.45, 2.75) is 45.1 Å². The molecule has 5 heteroatoms. The summed E-state index contributed by atoms with van der Waals surface area (Å²) in [6, 6.07) is 7.00. The Hall–Kier alpha value is -2.09. The lowest BCUT2D eigenvalue weighted by Crippen LogP contribution is -2.26. The summed E-state index contributed by atoms with van der Waals surface area (Å²) < 4.78 is 0. The molecule has 1 aromatic rings. The number of anilines is 1. The smallest absolute Gasteiger partial charge is 0.309 e. The molecule has 2 unspecified atom stereocenters. The molecule has 1 N–H and O–H groups in total. The molecule has 0 amide bonds. The Morgan fingerprint density at radius 1 is 1.35 bits per heavy atom. The van der Waals surface area contributed by atoms with Crippen LogP contribution >= 0.6 is 0 Å². The summed E-state index contributed by atoms with van der Waals surface area (Å²) >= 11 is 0. The van der Waals surface area contributed by atoms with E-state index in [4.69, 9.17) is 5.26 Å². The first kappa shape index (κ1) is 14.3. The zero-order valence-electron chi connectivity index (χ0n) is 11.6. The van der Waals surface area contributed by atoms with Gasteiger partial charge in [0.05, 0.1) is 4.92 Å². The SMILES string of the molecule is CC1CCCCCC1Nc1cccc(C#N)c1[N+](=O)[O-]. The lowest BCUT2D eigenvalue weighted by molar-refractivity contribution is -0.384. The number of nitrogens with zero attached hydrogens (tertiary/aromatic N) is 2. The minimum atomic E-state index is -0.470. The van der Waals surface area contributed by atoms with Crippen LogP contribution in [-0.2, 0) is 0 Å². The van der Waals surface area contributed by atoms with E-state index in [1.165, 1.54) is 18.9 Å². The largest absolute Gasteiger partial charge is 0.376 e. The highest BCUT2D eigenvalue weighted by atomic mass is 16.6. The maximum absolute atomic E-state index is 11.2. The van der Waals surface area contributed by atoms with Gasteiger partial charge in [0.25, 0.3) is 0 Å². The van der Waals surface area contributed by atoms with Crippen molar-refractivity contribution in [2.75, 3.05) is 5.32 Å². The molecule has 2 rings (SSSR count). The Labute approximate surface area is 118 Å². The van der Waals surface area contributed by atoms with E-state index in [9.17, 15) is 10.1 Å². The van der Waals surface area contributed by atoms with Crippen LogP contribution in [0.1, 0.15) is 44.6 Å². The zero-order valence-corrected chi connectivity index (χ0v) is 11.6. The number of benzene rings is 1. The fraction of sp³-hybridized carbons (Fsp3) is 0.533. The lowest BCUT2D eigenvalue weighted by Gasteiger charge is -2.23. The van der Waals surface area contributed by atoms with Crippen molar-refractivity contribution in [1.29, 1.82) is 5.26 Å². The Kier molecular flexibility index (Phi) is 4.57. The quantitative estimate of drug-likeness (QED) is 0.515. The molecule has 106 valence electrons. The van der Waals surface area contributed by atoms with E-state index in [1.807, 2.05) is 6.07 Å². The van der Waals surface area contributed by atoms with E-state index in [2.05, 4.69) is 12.2 Å². The molecule has 20 heavy (non-hydrogen) atoms. The highest BCUT2D eigenvalue weighted by molar-refractivity contribution is 5.68. The molecule has 1 aliphatic carbocycles. The van der Waals surface area contributed by atoms with Gasteiger partial charge < -0.3 is 5.32 Å². The fourth-order valence-corrected chi connectivity index (χ4v) is 2.85. The Bertz CT molecular complexity index is 536. The van der Waals surface area contributed by atoms with E-state index in [0.29, 0.717) is 11.6 Å². The lowest BCUT2D eigenvalue weighted by atomic mass is 9.96. The van der Waals surface area contributed by atoms with Crippen molar-refractivity contribution in [1.82, 2.24) is 0 Å². The van der Waals surface area contributed by atoms with Crippen LogP contribution < -0.4 is 5.32 Å². The predicted octanol–water partition coefficient (Wildman–Crippen LogP) is 3.85. The first-order valence-corrected chi connectivity index (χ1v) is 7.07. The number of para-hydroxylation sites is 1. The number of nitrogens with one attached hydrogen (secondary N) is 1. The molecule has 1 fully saturated rings. The van der Waals surface area contributed by atoms with E-state index in [1.54, 1.807) is 12.1 Å². The van der Waals surface area contributed by atoms with Crippen LogP contribution in [-0.4, -0.2) is 11.0 Å². The predicted molar refractivity (Wildman–Crippen MR) is 77.5 cm³/mol. The van der Waals surface area contributed by atoms with Gasteiger partial charge in [-0.05, 0) is 30.9 Å². The van der Waals surface area contributed by atoms with Gasteiger partial charge >= 0.3 is 5.69 Å². The monoisotopic (exact) mass is 273 g/mol. The maximum Gasteiger partial charge on any atom is 0.309 e. The number of nitro benzene ring substituents is 1. The maximum atomic E-state index is 11.2. The van der Waals surface area contributed by atoms with Crippen molar-refractivity contribution in [3.63, 3.8) is 0 Å². The Morgan fingerprint density at radius 2 is 2.10 bits per heavy atom. The van der Waals surface area contributed by atoms with Crippen LogP contribution in [0, 0.1) is 27.4 Å². The minimum absolute atomic E-state index is 0.105. The van der Waals surface area contributed by atoms with Crippen LogP contribution in [0.3, 0.4) is 0 Å². The molecular formula is C15H19N3O2. The molecule has 0 aliphatic heterocycles. The van der Waals surface area contributed by atoms with Crippen LogP contribution in [0.2, 0.25) is 0 Å². The van der Waals surface area contributed by atoms with Gasteiger partial charge in [0, 0.05) is 6.04 Å². The summed E-state index contributed by atoms with van der Waals surface area (Å²) in [6.45, 7) is 2.18.